The Morgan fingerprint density at radius 3 is 2.46 bits per heavy atom. The molecule has 1 saturated carbocycles. The molecule has 0 bridgehead atoms. The van der Waals surface area contributed by atoms with Crippen molar-refractivity contribution in [1.29, 1.82) is 0 Å². The zero-order chi connectivity index (χ0) is 19.1. The number of piperazine rings is 1. The Morgan fingerprint density at radius 1 is 1.19 bits per heavy atom. The molecule has 1 saturated heterocycles. The summed E-state index contributed by atoms with van der Waals surface area (Å²) in [6, 6.07) is 5.59. The molecule has 0 atom stereocenters. The van der Waals surface area contributed by atoms with E-state index < -0.39 is 5.60 Å². The number of nitrogens with zero attached hydrogens (tertiary/aromatic N) is 2. The van der Waals surface area contributed by atoms with Crippen LogP contribution in [0.4, 0.5) is 4.79 Å². The predicted octanol–water partition coefficient (Wildman–Crippen LogP) is 3.53. The maximum atomic E-state index is 13.2. The van der Waals surface area contributed by atoms with Crippen LogP contribution in [-0.2, 0) is 4.74 Å². The number of methoxy groups -OCH3 is 1. The molecule has 0 N–H and O–H groups in total. The average molecular weight is 472 g/mol. The van der Waals surface area contributed by atoms with Gasteiger partial charge in [-0.1, -0.05) is 0 Å². The van der Waals surface area contributed by atoms with Gasteiger partial charge in [-0.2, -0.15) is 0 Å². The van der Waals surface area contributed by atoms with E-state index in [1.165, 1.54) is 0 Å². The molecule has 7 heteroatoms. The van der Waals surface area contributed by atoms with Crippen molar-refractivity contribution in [2.75, 3.05) is 26.7 Å². The van der Waals surface area contributed by atoms with Gasteiger partial charge in [0.25, 0.3) is 5.91 Å². The van der Waals surface area contributed by atoms with Crippen molar-refractivity contribution in [3.05, 3.63) is 27.3 Å². The highest BCUT2D eigenvalue weighted by molar-refractivity contribution is 14.1. The van der Waals surface area contributed by atoms with Crippen LogP contribution in [0.15, 0.2) is 18.2 Å². The number of rotatable bonds is 2. The smallest absolute Gasteiger partial charge is 0.410 e. The van der Waals surface area contributed by atoms with Crippen molar-refractivity contribution in [2.45, 2.75) is 44.8 Å². The molecule has 2 aliphatic rings. The lowest BCUT2D eigenvalue weighted by Gasteiger charge is -2.42. The molecular formula is C19H25IN2O4. The van der Waals surface area contributed by atoms with Gasteiger partial charge in [-0.3, -0.25) is 4.79 Å². The van der Waals surface area contributed by atoms with E-state index in [-0.39, 0.29) is 17.5 Å². The molecule has 3 rings (SSSR count). The lowest BCUT2D eigenvalue weighted by atomic mass is 10.1. The van der Waals surface area contributed by atoms with Gasteiger partial charge in [-0.05, 0) is 74.4 Å². The Morgan fingerprint density at radius 2 is 1.88 bits per heavy atom. The van der Waals surface area contributed by atoms with Gasteiger partial charge in [-0.25, -0.2) is 4.79 Å². The standard InChI is InChI=1S/C19H25IN2O4/c1-18(2,3)26-17(24)21-9-10-22(19(12-21)7-8-19)16(23)14-6-5-13(20)11-15(14)25-4/h5-6,11H,7-10,12H2,1-4H3. The fourth-order valence-electron chi connectivity index (χ4n) is 3.34. The second-order valence-corrected chi connectivity index (χ2v) is 9.17. The van der Waals surface area contributed by atoms with E-state index in [2.05, 4.69) is 22.6 Å². The second-order valence-electron chi connectivity index (χ2n) is 7.93. The minimum absolute atomic E-state index is 0.0282. The number of amides is 2. The minimum atomic E-state index is -0.519. The van der Waals surface area contributed by atoms with Gasteiger partial charge in [0.2, 0.25) is 0 Å². The van der Waals surface area contributed by atoms with Crippen LogP contribution in [0.3, 0.4) is 0 Å². The molecule has 6 nitrogen and oxygen atoms in total. The monoisotopic (exact) mass is 472 g/mol. The quantitative estimate of drug-likeness (QED) is 0.619. The first-order chi connectivity index (χ1) is 12.1. The van der Waals surface area contributed by atoms with Crippen LogP contribution in [0.2, 0.25) is 0 Å². The maximum absolute atomic E-state index is 13.2. The Bertz CT molecular complexity index is 725. The largest absolute Gasteiger partial charge is 0.496 e. The van der Waals surface area contributed by atoms with E-state index in [9.17, 15) is 9.59 Å². The molecule has 1 aliphatic carbocycles. The summed E-state index contributed by atoms with van der Waals surface area (Å²) in [6.45, 7) is 7.10. The third kappa shape index (κ3) is 3.92. The lowest BCUT2D eigenvalue weighted by molar-refractivity contribution is 0.000560. The van der Waals surface area contributed by atoms with Gasteiger partial charge >= 0.3 is 6.09 Å². The molecule has 1 heterocycles. The van der Waals surface area contributed by atoms with E-state index in [4.69, 9.17) is 9.47 Å². The van der Waals surface area contributed by atoms with Crippen LogP contribution in [0.25, 0.3) is 0 Å². The molecule has 1 aromatic rings. The number of hydrogen-bond donors (Lipinski definition) is 0. The average Bonchev–Trinajstić information content (AvgIpc) is 3.32. The van der Waals surface area contributed by atoms with E-state index >= 15 is 0 Å². The number of carbonyl (C=O) groups excluding carboxylic acids is 2. The highest BCUT2D eigenvalue weighted by atomic mass is 127. The Balaban J connectivity index is 1.76. The molecular weight excluding hydrogens is 447 g/mol. The normalized spacial score (nSPS) is 18.7. The molecule has 1 aliphatic heterocycles. The zero-order valence-electron chi connectivity index (χ0n) is 15.7. The van der Waals surface area contributed by atoms with Crippen molar-refractivity contribution >= 4 is 34.6 Å². The summed E-state index contributed by atoms with van der Waals surface area (Å²) < 4.78 is 11.9. The molecule has 0 unspecified atom stereocenters. The molecule has 26 heavy (non-hydrogen) atoms. The van der Waals surface area contributed by atoms with Crippen molar-refractivity contribution < 1.29 is 19.1 Å². The van der Waals surface area contributed by atoms with Crippen LogP contribution >= 0.6 is 22.6 Å². The number of halogens is 1. The third-order valence-corrected chi connectivity index (χ3v) is 5.44. The first-order valence-corrected chi connectivity index (χ1v) is 9.86. The fourth-order valence-corrected chi connectivity index (χ4v) is 3.80. The lowest BCUT2D eigenvalue weighted by Crippen LogP contribution is -2.58. The van der Waals surface area contributed by atoms with Gasteiger partial charge in [0, 0.05) is 23.2 Å². The number of benzene rings is 1. The van der Waals surface area contributed by atoms with E-state index in [1.54, 1.807) is 12.0 Å². The van der Waals surface area contributed by atoms with Gasteiger partial charge in [-0.15, -0.1) is 0 Å². The summed E-state index contributed by atoms with van der Waals surface area (Å²) in [7, 11) is 1.58. The first kappa shape index (κ1) is 19.3. The highest BCUT2D eigenvalue weighted by Gasteiger charge is 2.54. The molecule has 1 aromatic carbocycles. The zero-order valence-corrected chi connectivity index (χ0v) is 17.8. The molecule has 2 fully saturated rings. The summed E-state index contributed by atoms with van der Waals surface area (Å²) in [5, 5.41) is 0. The summed E-state index contributed by atoms with van der Waals surface area (Å²) >= 11 is 2.20. The van der Waals surface area contributed by atoms with E-state index in [0.29, 0.717) is 30.9 Å². The molecule has 0 radical (unpaired) electrons. The topological polar surface area (TPSA) is 59.1 Å². The Labute approximate surface area is 167 Å². The van der Waals surface area contributed by atoms with Gasteiger partial charge < -0.3 is 19.3 Å². The van der Waals surface area contributed by atoms with Crippen LogP contribution in [0, 0.1) is 3.57 Å². The molecule has 142 valence electrons. The van der Waals surface area contributed by atoms with Gasteiger partial charge in [0.15, 0.2) is 0 Å². The third-order valence-electron chi connectivity index (χ3n) is 4.77. The van der Waals surface area contributed by atoms with Crippen LogP contribution < -0.4 is 4.74 Å². The SMILES string of the molecule is COc1cc(I)ccc1C(=O)N1CCN(C(=O)OC(C)(C)C)CC12CC2. The van der Waals surface area contributed by atoms with Crippen LogP contribution in [0.5, 0.6) is 5.75 Å². The molecule has 2 amide bonds. The second kappa shape index (κ2) is 6.90. The fraction of sp³-hybridized carbons (Fsp3) is 0.579. The van der Waals surface area contributed by atoms with Gasteiger partial charge in [0.05, 0.1) is 18.2 Å². The van der Waals surface area contributed by atoms with Gasteiger partial charge in [0.1, 0.15) is 11.4 Å². The Hall–Kier alpha value is -1.51. The van der Waals surface area contributed by atoms with Crippen LogP contribution in [0.1, 0.15) is 44.0 Å². The van der Waals surface area contributed by atoms with Crippen LogP contribution in [-0.4, -0.2) is 59.7 Å². The minimum Gasteiger partial charge on any atom is -0.496 e. The maximum Gasteiger partial charge on any atom is 0.410 e. The summed E-state index contributed by atoms with van der Waals surface area (Å²) in [5.41, 5.74) is -0.208. The van der Waals surface area contributed by atoms with E-state index in [1.807, 2.05) is 43.9 Å². The number of hydrogen-bond acceptors (Lipinski definition) is 4. The van der Waals surface area contributed by atoms with Crippen molar-refractivity contribution in [3.63, 3.8) is 0 Å². The number of ether oxygens (including phenoxy) is 2. The van der Waals surface area contributed by atoms with Crippen molar-refractivity contribution in [1.82, 2.24) is 9.80 Å². The predicted molar refractivity (Wildman–Crippen MR) is 107 cm³/mol. The molecule has 1 spiro atoms. The Kier molecular flexibility index (Phi) is 5.11. The van der Waals surface area contributed by atoms with Crippen molar-refractivity contribution in [3.8, 4) is 5.75 Å². The summed E-state index contributed by atoms with van der Waals surface area (Å²) in [6.07, 6.45) is 1.51. The summed E-state index contributed by atoms with van der Waals surface area (Å²) in [5.74, 6) is 0.562. The molecule has 0 aromatic heterocycles. The van der Waals surface area contributed by atoms with Crippen molar-refractivity contribution in [2.24, 2.45) is 0 Å². The highest BCUT2D eigenvalue weighted by Crippen LogP contribution is 2.45. The van der Waals surface area contributed by atoms with E-state index in [0.717, 1.165) is 16.4 Å². The first-order valence-electron chi connectivity index (χ1n) is 8.79. The number of carbonyl (C=O) groups is 2. The summed E-state index contributed by atoms with van der Waals surface area (Å²) in [4.78, 5) is 29.2.